The number of nitrogens with zero attached hydrogens (tertiary/aromatic N) is 5. The van der Waals surface area contributed by atoms with Gasteiger partial charge in [-0.2, -0.15) is 0 Å². The molecule has 1 saturated carbocycles. The van der Waals surface area contributed by atoms with Crippen LogP contribution in [0.15, 0.2) is 53.3 Å². The van der Waals surface area contributed by atoms with Gasteiger partial charge in [0.25, 0.3) is 5.56 Å². The Hall–Kier alpha value is -3.39. The number of aromatic amines is 1. The van der Waals surface area contributed by atoms with Crippen molar-refractivity contribution in [2.45, 2.75) is 58.3 Å². The quantitative estimate of drug-likeness (QED) is 0.465. The van der Waals surface area contributed by atoms with Crippen molar-refractivity contribution in [1.82, 2.24) is 30.1 Å². The molecule has 8 heteroatoms. The van der Waals surface area contributed by atoms with Gasteiger partial charge in [-0.3, -0.25) is 9.69 Å². The first kappa shape index (κ1) is 21.5. The van der Waals surface area contributed by atoms with E-state index in [0.717, 1.165) is 46.3 Å². The summed E-state index contributed by atoms with van der Waals surface area (Å²) in [5.41, 5.74) is 3.63. The Bertz CT molecular complexity index is 1310. The molecule has 1 fully saturated rings. The van der Waals surface area contributed by atoms with Crippen molar-refractivity contribution in [3.63, 3.8) is 0 Å². The number of nitrogens with one attached hydrogen (secondary N) is 1. The summed E-state index contributed by atoms with van der Waals surface area (Å²) < 4.78 is 15.0. The predicted molar refractivity (Wildman–Crippen MR) is 124 cm³/mol. The predicted octanol–water partition coefficient (Wildman–Crippen LogP) is 3.96. The van der Waals surface area contributed by atoms with E-state index >= 15 is 0 Å². The maximum absolute atomic E-state index is 13.3. The fourth-order valence-corrected chi connectivity index (χ4v) is 4.69. The van der Waals surface area contributed by atoms with Crippen molar-refractivity contribution in [2.75, 3.05) is 0 Å². The van der Waals surface area contributed by atoms with Crippen molar-refractivity contribution in [2.24, 2.45) is 0 Å². The van der Waals surface area contributed by atoms with Gasteiger partial charge < -0.3 is 4.98 Å². The van der Waals surface area contributed by atoms with E-state index in [2.05, 4.69) is 38.4 Å². The number of halogens is 1. The number of fused-ring (bicyclic) bond motifs is 1. The van der Waals surface area contributed by atoms with Crippen molar-refractivity contribution < 1.29 is 4.39 Å². The molecular formula is C25H27FN6O. The highest BCUT2D eigenvalue weighted by molar-refractivity contribution is 5.79. The number of aryl methyl sites for hydroxylation is 1. The maximum atomic E-state index is 13.3. The van der Waals surface area contributed by atoms with Crippen LogP contribution in [0.25, 0.3) is 10.9 Å². The molecule has 2 aromatic heterocycles. The lowest BCUT2D eigenvalue weighted by Crippen LogP contribution is -2.35. The second-order valence-corrected chi connectivity index (χ2v) is 8.94. The Labute approximate surface area is 191 Å². The highest BCUT2D eigenvalue weighted by Gasteiger charge is 2.25. The molecule has 2 aromatic carbocycles. The maximum Gasteiger partial charge on any atom is 0.252 e. The van der Waals surface area contributed by atoms with Crippen molar-refractivity contribution in [3.05, 3.63) is 87.2 Å². The summed E-state index contributed by atoms with van der Waals surface area (Å²) in [4.78, 5) is 18.2. The van der Waals surface area contributed by atoms with Gasteiger partial charge >= 0.3 is 0 Å². The Balaban J connectivity index is 1.41. The monoisotopic (exact) mass is 446 g/mol. The van der Waals surface area contributed by atoms with E-state index in [1.54, 1.807) is 16.8 Å². The number of hydrogen-bond donors (Lipinski definition) is 1. The fraction of sp³-hybridized carbons (Fsp3) is 0.360. The molecule has 4 aromatic rings. The zero-order valence-electron chi connectivity index (χ0n) is 18.7. The lowest BCUT2D eigenvalue weighted by molar-refractivity contribution is 0.172. The summed E-state index contributed by atoms with van der Waals surface area (Å²) in [5.74, 6) is 0.471. The molecule has 7 nitrogen and oxygen atoms in total. The molecule has 1 N–H and O–H groups in total. The third-order valence-electron chi connectivity index (χ3n) is 6.49. The molecule has 0 radical (unpaired) electrons. The van der Waals surface area contributed by atoms with Crippen LogP contribution < -0.4 is 5.56 Å². The molecule has 0 spiro atoms. The van der Waals surface area contributed by atoms with Crippen LogP contribution in [0.3, 0.4) is 0 Å². The van der Waals surface area contributed by atoms with Gasteiger partial charge in [0.1, 0.15) is 5.82 Å². The second kappa shape index (κ2) is 9.23. The zero-order valence-corrected chi connectivity index (χ0v) is 18.7. The highest BCUT2D eigenvalue weighted by atomic mass is 19.1. The van der Waals surface area contributed by atoms with Crippen LogP contribution in [-0.2, 0) is 19.6 Å². The molecule has 0 bridgehead atoms. The van der Waals surface area contributed by atoms with Gasteiger partial charge in [0.05, 0.1) is 13.1 Å². The van der Waals surface area contributed by atoms with E-state index in [-0.39, 0.29) is 11.4 Å². The third kappa shape index (κ3) is 4.85. The Morgan fingerprint density at radius 2 is 1.88 bits per heavy atom. The van der Waals surface area contributed by atoms with Crippen LogP contribution in [0.5, 0.6) is 0 Å². The number of rotatable bonds is 7. The van der Waals surface area contributed by atoms with Gasteiger partial charge in [-0.1, -0.05) is 36.6 Å². The van der Waals surface area contributed by atoms with Gasteiger partial charge in [0, 0.05) is 23.7 Å². The minimum atomic E-state index is -0.265. The molecular weight excluding hydrogens is 419 g/mol. The average molecular weight is 447 g/mol. The molecule has 5 rings (SSSR count). The van der Waals surface area contributed by atoms with Crippen molar-refractivity contribution >= 4 is 10.9 Å². The molecule has 0 unspecified atom stereocenters. The number of pyridine rings is 1. The molecule has 0 saturated heterocycles. The first-order chi connectivity index (χ1) is 16.0. The van der Waals surface area contributed by atoms with E-state index < -0.39 is 0 Å². The molecule has 33 heavy (non-hydrogen) atoms. The van der Waals surface area contributed by atoms with Crippen LogP contribution in [0.2, 0.25) is 0 Å². The van der Waals surface area contributed by atoms with E-state index in [4.69, 9.17) is 0 Å². The summed E-state index contributed by atoms with van der Waals surface area (Å²) in [5, 5.41) is 13.3. The van der Waals surface area contributed by atoms with Gasteiger partial charge in [-0.25, -0.2) is 9.07 Å². The topological polar surface area (TPSA) is 79.7 Å². The summed E-state index contributed by atoms with van der Waals surface area (Å²) in [6, 6.07) is 14.8. The third-order valence-corrected chi connectivity index (χ3v) is 6.49. The second-order valence-electron chi connectivity index (χ2n) is 8.94. The standard InChI is InChI=1S/C25H27FN6O/c1-17-6-11-23-19(12-17)13-20(25(33)27-23)15-31(22-4-2-3-5-22)16-24-28-29-30-32(24)14-18-7-9-21(26)10-8-18/h6-13,22H,2-5,14-16H2,1H3,(H,27,33). The molecule has 170 valence electrons. The lowest BCUT2D eigenvalue weighted by Gasteiger charge is -2.28. The molecule has 2 heterocycles. The smallest absolute Gasteiger partial charge is 0.252 e. The number of aromatic nitrogens is 5. The van der Waals surface area contributed by atoms with Crippen LogP contribution in [0.1, 0.15) is 48.2 Å². The molecule has 0 atom stereocenters. The molecule has 0 aliphatic heterocycles. The number of H-pyrrole nitrogens is 1. The van der Waals surface area contributed by atoms with Crippen molar-refractivity contribution in [1.29, 1.82) is 0 Å². The SMILES string of the molecule is Cc1ccc2[nH]c(=O)c(CN(Cc3nnnn3Cc3ccc(F)cc3)C3CCCC3)cc2c1. The number of hydrogen-bond acceptors (Lipinski definition) is 5. The minimum Gasteiger partial charge on any atom is -0.322 e. The van der Waals surface area contributed by atoms with E-state index in [1.165, 1.54) is 25.0 Å². The Morgan fingerprint density at radius 3 is 2.67 bits per heavy atom. The van der Waals surface area contributed by atoms with E-state index in [1.807, 2.05) is 18.2 Å². The lowest BCUT2D eigenvalue weighted by atomic mass is 10.1. The molecule has 0 amide bonds. The van der Waals surface area contributed by atoms with E-state index in [9.17, 15) is 9.18 Å². The summed E-state index contributed by atoms with van der Waals surface area (Å²) >= 11 is 0. The first-order valence-corrected chi connectivity index (χ1v) is 11.4. The summed E-state index contributed by atoms with van der Waals surface area (Å²) in [6.07, 6.45) is 4.58. The molecule has 1 aliphatic carbocycles. The van der Waals surface area contributed by atoms with E-state index in [0.29, 0.717) is 25.7 Å². The summed E-state index contributed by atoms with van der Waals surface area (Å²) in [6.45, 7) is 3.60. The fourth-order valence-electron chi connectivity index (χ4n) is 4.69. The average Bonchev–Trinajstić information content (AvgIpc) is 3.48. The van der Waals surface area contributed by atoms with Crippen LogP contribution >= 0.6 is 0 Å². The molecule has 1 aliphatic rings. The Kier molecular flexibility index (Phi) is 6.00. The Morgan fingerprint density at radius 1 is 1.09 bits per heavy atom. The normalized spacial score (nSPS) is 14.5. The highest BCUT2D eigenvalue weighted by Crippen LogP contribution is 2.26. The van der Waals surface area contributed by atoms with Crippen LogP contribution in [0, 0.1) is 12.7 Å². The van der Waals surface area contributed by atoms with Crippen LogP contribution in [0.4, 0.5) is 4.39 Å². The van der Waals surface area contributed by atoms with Gasteiger partial charge in [0.15, 0.2) is 5.82 Å². The first-order valence-electron chi connectivity index (χ1n) is 11.4. The largest absolute Gasteiger partial charge is 0.322 e. The minimum absolute atomic E-state index is 0.0553. The number of benzene rings is 2. The van der Waals surface area contributed by atoms with Crippen LogP contribution in [-0.4, -0.2) is 36.1 Å². The summed E-state index contributed by atoms with van der Waals surface area (Å²) in [7, 11) is 0. The zero-order chi connectivity index (χ0) is 22.8. The van der Waals surface area contributed by atoms with Crippen molar-refractivity contribution in [3.8, 4) is 0 Å². The van der Waals surface area contributed by atoms with Gasteiger partial charge in [-0.15, -0.1) is 5.10 Å². The number of tetrazole rings is 1. The van der Waals surface area contributed by atoms with Gasteiger partial charge in [-0.05, 0) is 71.5 Å². The van der Waals surface area contributed by atoms with Gasteiger partial charge in [0.2, 0.25) is 0 Å².